The van der Waals surface area contributed by atoms with Crippen molar-refractivity contribution >= 4 is 17.2 Å². The number of carbonyl (C=O) groups is 1. The summed E-state index contributed by atoms with van der Waals surface area (Å²) in [5.41, 5.74) is 5.99. The molecule has 6 nitrogen and oxygen atoms in total. The Kier molecular flexibility index (Phi) is 5.75. The van der Waals surface area contributed by atoms with Gasteiger partial charge in [-0.2, -0.15) is 0 Å². The van der Waals surface area contributed by atoms with Crippen LogP contribution in [-0.4, -0.2) is 43.5 Å². The maximum atomic E-state index is 12.9. The van der Waals surface area contributed by atoms with Crippen LogP contribution in [0.5, 0.6) is 0 Å². The highest BCUT2D eigenvalue weighted by Gasteiger charge is 2.39. The zero-order chi connectivity index (χ0) is 21.4. The van der Waals surface area contributed by atoms with Gasteiger partial charge in [-0.15, -0.1) is 11.3 Å². The molecule has 1 aromatic carbocycles. The van der Waals surface area contributed by atoms with E-state index in [0.29, 0.717) is 13.0 Å². The van der Waals surface area contributed by atoms with Gasteiger partial charge in [-0.3, -0.25) is 4.79 Å². The minimum Gasteiger partial charge on any atom is -0.391 e. The molecule has 1 aliphatic heterocycles. The summed E-state index contributed by atoms with van der Waals surface area (Å²) in [4.78, 5) is 28.2. The molecule has 4 rings (SSSR count). The molecule has 7 heteroatoms. The quantitative estimate of drug-likeness (QED) is 0.635. The van der Waals surface area contributed by atoms with Gasteiger partial charge in [0.15, 0.2) is 0 Å². The monoisotopic (exact) mass is 424 g/mol. The number of imidazole rings is 1. The van der Waals surface area contributed by atoms with E-state index in [0.717, 1.165) is 28.3 Å². The summed E-state index contributed by atoms with van der Waals surface area (Å²) in [6.45, 7) is 8.43. The maximum Gasteiger partial charge on any atom is 0.226 e. The first-order valence-corrected chi connectivity index (χ1v) is 11.3. The van der Waals surface area contributed by atoms with Crippen LogP contribution in [0.15, 0.2) is 36.0 Å². The molecule has 1 aliphatic rings. The summed E-state index contributed by atoms with van der Waals surface area (Å²) < 4.78 is 0. The van der Waals surface area contributed by atoms with Crippen molar-refractivity contribution in [2.24, 2.45) is 11.8 Å². The predicted octanol–water partition coefficient (Wildman–Crippen LogP) is 4.44. The number of aromatic amines is 1. The lowest BCUT2D eigenvalue weighted by atomic mass is 9.96. The summed E-state index contributed by atoms with van der Waals surface area (Å²) in [6, 6.07) is 8.10. The molecule has 0 radical (unpaired) electrons. The Bertz CT molecular complexity index is 1020. The number of H-pyrrole nitrogens is 1. The molecule has 158 valence electrons. The number of thiazole rings is 1. The highest BCUT2D eigenvalue weighted by atomic mass is 32.1. The van der Waals surface area contributed by atoms with Gasteiger partial charge in [0, 0.05) is 18.9 Å². The lowest BCUT2D eigenvalue weighted by molar-refractivity contribution is -0.137. The number of aromatic nitrogens is 3. The average molecular weight is 425 g/mol. The number of β-amino-alcohol motifs (C(OH)–C–C–N with tert-alkyl or cyclic N) is 1. The topological polar surface area (TPSA) is 82.1 Å². The SMILES string of the molecule is Cc1ncsc1-c1ccc(-c2cnc(C3CC(O)CN3C(=O)C(C)C(C)C)[nH]2)cc1. The van der Waals surface area contributed by atoms with E-state index in [1.807, 2.05) is 39.4 Å². The van der Waals surface area contributed by atoms with E-state index in [1.165, 1.54) is 4.88 Å². The number of benzene rings is 1. The Balaban J connectivity index is 1.56. The molecular weight excluding hydrogens is 396 g/mol. The Morgan fingerprint density at radius 3 is 2.53 bits per heavy atom. The fourth-order valence-corrected chi connectivity index (χ4v) is 4.71. The summed E-state index contributed by atoms with van der Waals surface area (Å²) in [5, 5.41) is 10.2. The fraction of sp³-hybridized carbons (Fsp3) is 0.435. The van der Waals surface area contributed by atoms with Crippen LogP contribution in [0.3, 0.4) is 0 Å². The van der Waals surface area contributed by atoms with Crippen molar-refractivity contribution in [2.75, 3.05) is 6.54 Å². The molecule has 0 aliphatic carbocycles. The molecule has 30 heavy (non-hydrogen) atoms. The number of aliphatic hydroxyl groups is 1. The van der Waals surface area contributed by atoms with Gasteiger partial charge in [0.25, 0.3) is 0 Å². The zero-order valence-corrected chi connectivity index (χ0v) is 18.6. The second-order valence-electron chi connectivity index (χ2n) is 8.45. The lowest BCUT2D eigenvalue weighted by Gasteiger charge is -2.27. The van der Waals surface area contributed by atoms with Crippen molar-refractivity contribution < 1.29 is 9.90 Å². The first-order valence-electron chi connectivity index (χ1n) is 10.4. The lowest BCUT2D eigenvalue weighted by Crippen LogP contribution is -2.37. The number of aryl methyl sites for hydroxylation is 1. The van der Waals surface area contributed by atoms with Crippen LogP contribution in [0.2, 0.25) is 0 Å². The average Bonchev–Trinajstić information content (AvgIpc) is 3.46. The van der Waals surface area contributed by atoms with E-state index in [9.17, 15) is 9.90 Å². The van der Waals surface area contributed by atoms with Crippen molar-refractivity contribution in [1.29, 1.82) is 0 Å². The van der Waals surface area contributed by atoms with Gasteiger partial charge in [-0.1, -0.05) is 45.0 Å². The predicted molar refractivity (Wildman–Crippen MR) is 119 cm³/mol. The summed E-state index contributed by atoms with van der Waals surface area (Å²) in [7, 11) is 0. The van der Waals surface area contributed by atoms with Crippen LogP contribution in [0.4, 0.5) is 0 Å². The van der Waals surface area contributed by atoms with Crippen molar-refractivity contribution in [3.05, 3.63) is 47.5 Å². The molecule has 0 spiro atoms. The number of nitrogens with one attached hydrogen (secondary N) is 1. The fourth-order valence-electron chi connectivity index (χ4n) is 3.90. The summed E-state index contributed by atoms with van der Waals surface area (Å²) in [6.07, 6.45) is 1.79. The molecule has 3 atom stereocenters. The second-order valence-corrected chi connectivity index (χ2v) is 9.31. The minimum absolute atomic E-state index is 0.0776. The van der Waals surface area contributed by atoms with Gasteiger partial charge in [0.05, 0.1) is 40.1 Å². The van der Waals surface area contributed by atoms with Crippen molar-refractivity contribution in [3.63, 3.8) is 0 Å². The highest BCUT2D eigenvalue weighted by Crippen LogP contribution is 2.34. The third-order valence-corrected chi connectivity index (χ3v) is 7.04. The largest absolute Gasteiger partial charge is 0.391 e. The third-order valence-electron chi connectivity index (χ3n) is 6.07. The van der Waals surface area contributed by atoms with Gasteiger partial charge < -0.3 is 15.0 Å². The van der Waals surface area contributed by atoms with E-state index in [4.69, 9.17) is 0 Å². The molecule has 1 saturated heterocycles. The number of nitrogens with zero attached hydrogens (tertiary/aromatic N) is 3. The number of hydrogen-bond donors (Lipinski definition) is 2. The van der Waals surface area contributed by atoms with Gasteiger partial charge >= 0.3 is 0 Å². The molecule has 2 N–H and O–H groups in total. The molecule has 1 amide bonds. The molecular formula is C23H28N4O2S. The van der Waals surface area contributed by atoms with Crippen LogP contribution in [-0.2, 0) is 4.79 Å². The summed E-state index contributed by atoms with van der Waals surface area (Å²) >= 11 is 1.64. The Labute approximate surface area is 181 Å². The number of carbonyl (C=O) groups excluding carboxylic acids is 1. The number of hydrogen-bond acceptors (Lipinski definition) is 5. The molecule has 3 aromatic rings. The van der Waals surface area contributed by atoms with E-state index >= 15 is 0 Å². The van der Waals surface area contributed by atoms with Gasteiger partial charge in [-0.05, 0) is 24.0 Å². The minimum atomic E-state index is -0.520. The van der Waals surface area contributed by atoms with Crippen molar-refractivity contribution in [3.8, 4) is 21.7 Å². The number of likely N-dealkylation sites (tertiary alicyclic amines) is 1. The highest BCUT2D eigenvalue weighted by molar-refractivity contribution is 7.13. The van der Waals surface area contributed by atoms with E-state index in [2.05, 4.69) is 39.2 Å². The Morgan fingerprint density at radius 1 is 1.20 bits per heavy atom. The normalized spacial score (nSPS) is 20.1. The van der Waals surface area contributed by atoms with Crippen LogP contribution < -0.4 is 0 Å². The molecule has 0 bridgehead atoms. The maximum absolute atomic E-state index is 12.9. The van der Waals surface area contributed by atoms with E-state index < -0.39 is 6.10 Å². The number of aliphatic hydroxyl groups excluding tert-OH is 1. The van der Waals surface area contributed by atoms with E-state index in [1.54, 1.807) is 16.2 Å². The molecule has 3 unspecified atom stereocenters. The van der Waals surface area contributed by atoms with Crippen LogP contribution in [0.1, 0.15) is 44.8 Å². The van der Waals surface area contributed by atoms with Crippen LogP contribution in [0, 0.1) is 18.8 Å². The Morgan fingerprint density at radius 2 is 1.90 bits per heavy atom. The van der Waals surface area contributed by atoms with Crippen LogP contribution in [0.25, 0.3) is 21.7 Å². The second kappa shape index (κ2) is 8.32. The zero-order valence-electron chi connectivity index (χ0n) is 17.8. The van der Waals surface area contributed by atoms with Gasteiger partial charge in [0.1, 0.15) is 5.82 Å². The van der Waals surface area contributed by atoms with Crippen molar-refractivity contribution in [2.45, 2.75) is 46.3 Å². The first-order chi connectivity index (χ1) is 14.3. The van der Waals surface area contributed by atoms with Crippen molar-refractivity contribution in [1.82, 2.24) is 19.9 Å². The molecule has 0 saturated carbocycles. The number of amides is 1. The first kappa shape index (κ1) is 20.8. The number of rotatable bonds is 5. The third kappa shape index (κ3) is 3.91. The smallest absolute Gasteiger partial charge is 0.226 e. The molecule has 1 fully saturated rings. The van der Waals surface area contributed by atoms with E-state index in [-0.39, 0.29) is 23.8 Å². The standard InChI is InChI=1S/C23H28N4O2S/c1-13(2)14(3)23(29)27-11-18(28)9-20(27)22-24-10-19(26-22)16-5-7-17(8-6-16)21-15(4)25-12-30-21/h5-8,10,12-14,18,20,28H,9,11H2,1-4H3,(H,24,26). The van der Waals surface area contributed by atoms with Gasteiger partial charge in [-0.25, -0.2) is 9.97 Å². The van der Waals surface area contributed by atoms with Gasteiger partial charge in [0.2, 0.25) is 5.91 Å². The van der Waals surface area contributed by atoms with Crippen LogP contribution >= 0.6 is 11.3 Å². The molecule has 3 heterocycles. The summed E-state index contributed by atoms with van der Waals surface area (Å²) in [5.74, 6) is 0.973. The Hall–Kier alpha value is -2.51. The molecule has 2 aromatic heterocycles.